The number of rotatable bonds is 7. The van der Waals surface area contributed by atoms with Crippen LogP contribution in [0, 0.1) is 11.6 Å². The van der Waals surface area contributed by atoms with Gasteiger partial charge in [-0.15, -0.1) is 0 Å². The van der Waals surface area contributed by atoms with E-state index >= 15 is 0 Å². The molecule has 0 aromatic heterocycles. The smallest absolute Gasteiger partial charge is 0.257 e. The van der Waals surface area contributed by atoms with Crippen LogP contribution in [0.4, 0.5) is 25.8 Å². The van der Waals surface area contributed by atoms with Crippen LogP contribution in [0.25, 0.3) is 5.57 Å². The molecule has 0 atom stereocenters. The second-order valence-electron chi connectivity index (χ2n) is 6.42. The zero-order valence-electron chi connectivity index (χ0n) is 15.5. The van der Waals surface area contributed by atoms with E-state index in [-0.39, 0.29) is 17.0 Å². The summed E-state index contributed by atoms with van der Waals surface area (Å²) in [5.74, 6) is -1.20. The maximum absolute atomic E-state index is 14.6. The number of hydrogen-bond donors (Lipinski definition) is 2. The van der Waals surface area contributed by atoms with Crippen molar-refractivity contribution < 1.29 is 13.6 Å². The Kier molecular flexibility index (Phi) is 5.74. The molecule has 4 nitrogen and oxygen atoms in total. The second-order valence-corrected chi connectivity index (χ2v) is 6.42. The first-order valence-electron chi connectivity index (χ1n) is 9.16. The minimum absolute atomic E-state index is 0.186. The number of fused-ring (bicyclic) bond motifs is 1. The Bertz CT molecular complexity index is 880. The lowest BCUT2D eigenvalue weighted by atomic mass is 10.1. The molecule has 142 valence electrons. The van der Waals surface area contributed by atoms with Crippen LogP contribution in [0.15, 0.2) is 42.6 Å². The SMILES string of the molecule is CCCCN(CC)c1ccc(NC=C2C(=O)Nc3cccc(F)c32)cc1F. The fourth-order valence-electron chi connectivity index (χ4n) is 3.15. The molecular weight excluding hydrogens is 348 g/mol. The van der Waals surface area contributed by atoms with E-state index in [0.717, 1.165) is 25.9 Å². The van der Waals surface area contributed by atoms with E-state index in [1.54, 1.807) is 18.2 Å². The molecule has 3 rings (SSSR count). The third-order valence-corrected chi connectivity index (χ3v) is 4.61. The van der Waals surface area contributed by atoms with Crippen LogP contribution in [-0.2, 0) is 4.79 Å². The van der Waals surface area contributed by atoms with Gasteiger partial charge in [0, 0.05) is 30.5 Å². The van der Waals surface area contributed by atoms with Gasteiger partial charge in [-0.05, 0) is 43.7 Å². The highest BCUT2D eigenvalue weighted by Gasteiger charge is 2.27. The zero-order chi connectivity index (χ0) is 19.4. The summed E-state index contributed by atoms with van der Waals surface area (Å²) >= 11 is 0. The van der Waals surface area contributed by atoms with Crippen LogP contribution in [-0.4, -0.2) is 19.0 Å². The molecule has 0 unspecified atom stereocenters. The van der Waals surface area contributed by atoms with Crippen molar-refractivity contribution in [2.24, 2.45) is 0 Å². The van der Waals surface area contributed by atoms with Crippen LogP contribution in [0.1, 0.15) is 32.3 Å². The highest BCUT2D eigenvalue weighted by molar-refractivity contribution is 6.31. The van der Waals surface area contributed by atoms with E-state index in [9.17, 15) is 13.6 Å². The van der Waals surface area contributed by atoms with Crippen molar-refractivity contribution >= 4 is 28.5 Å². The molecule has 0 saturated carbocycles. The first-order valence-corrected chi connectivity index (χ1v) is 9.16. The molecule has 0 aliphatic carbocycles. The number of carbonyl (C=O) groups is 1. The van der Waals surface area contributed by atoms with Gasteiger partial charge < -0.3 is 15.5 Å². The van der Waals surface area contributed by atoms with Gasteiger partial charge in [0.1, 0.15) is 11.6 Å². The minimum atomic E-state index is -0.477. The summed E-state index contributed by atoms with van der Waals surface area (Å²) in [6.07, 6.45) is 3.46. The Hall–Kier alpha value is -2.89. The lowest BCUT2D eigenvalue weighted by Gasteiger charge is -2.23. The largest absolute Gasteiger partial charge is 0.369 e. The number of anilines is 3. The van der Waals surface area contributed by atoms with E-state index in [1.807, 2.05) is 11.8 Å². The Morgan fingerprint density at radius 3 is 2.67 bits per heavy atom. The number of benzene rings is 2. The Balaban J connectivity index is 1.81. The van der Waals surface area contributed by atoms with Gasteiger partial charge in [0.15, 0.2) is 0 Å². The molecule has 1 heterocycles. The highest BCUT2D eigenvalue weighted by atomic mass is 19.1. The average molecular weight is 371 g/mol. The number of amides is 1. The maximum Gasteiger partial charge on any atom is 0.257 e. The molecule has 1 amide bonds. The molecule has 0 fully saturated rings. The molecular formula is C21H23F2N3O. The van der Waals surface area contributed by atoms with Crippen molar-refractivity contribution in [1.82, 2.24) is 0 Å². The van der Waals surface area contributed by atoms with Gasteiger partial charge in [0.05, 0.1) is 16.9 Å². The van der Waals surface area contributed by atoms with E-state index in [4.69, 9.17) is 0 Å². The summed E-state index contributed by atoms with van der Waals surface area (Å²) in [5.41, 5.74) is 1.89. The lowest BCUT2D eigenvalue weighted by molar-refractivity contribution is -0.110. The fraction of sp³-hybridized carbons (Fsp3) is 0.286. The predicted molar refractivity (Wildman–Crippen MR) is 106 cm³/mol. The highest BCUT2D eigenvalue weighted by Crippen LogP contribution is 2.33. The van der Waals surface area contributed by atoms with Gasteiger partial charge in [0.25, 0.3) is 5.91 Å². The van der Waals surface area contributed by atoms with E-state index in [1.165, 1.54) is 24.4 Å². The Labute approximate surface area is 157 Å². The summed E-state index contributed by atoms with van der Waals surface area (Å²) in [5, 5.41) is 5.52. The molecule has 0 saturated heterocycles. The summed E-state index contributed by atoms with van der Waals surface area (Å²) in [4.78, 5) is 14.1. The van der Waals surface area contributed by atoms with Crippen molar-refractivity contribution in [3.8, 4) is 0 Å². The molecule has 2 N–H and O–H groups in total. The zero-order valence-corrected chi connectivity index (χ0v) is 15.5. The van der Waals surface area contributed by atoms with Gasteiger partial charge in [-0.3, -0.25) is 4.79 Å². The average Bonchev–Trinajstić information content (AvgIpc) is 2.98. The number of unbranched alkanes of at least 4 members (excludes halogenated alkanes) is 1. The number of nitrogens with zero attached hydrogens (tertiary/aromatic N) is 1. The minimum Gasteiger partial charge on any atom is -0.369 e. The molecule has 0 radical (unpaired) electrons. The summed E-state index contributed by atoms with van der Waals surface area (Å²) in [6, 6.07) is 9.34. The van der Waals surface area contributed by atoms with Gasteiger partial charge in [-0.1, -0.05) is 19.4 Å². The third kappa shape index (κ3) is 3.94. The van der Waals surface area contributed by atoms with Crippen molar-refractivity contribution in [2.75, 3.05) is 28.6 Å². The molecule has 2 aromatic carbocycles. The number of halogens is 2. The Morgan fingerprint density at radius 2 is 1.96 bits per heavy atom. The van der Waals surface area contributed by atoms with Crippen molar-refractivity contribution in [1.29, 1.82) is 0 Å². The van der Waals surface area contributed by atoms with E-state index in [2.05, 4.69) is 17.6 Å². The Morgan fingerprint density at radius 1 is 1.15 bits per heavy atom. The first-order chi connectivity index (χ1) is 13.0. The second kappa shape index (κ2) is 8.20. The molecule has 0 spiro atoms. The van der Waals surface area contributed by atoms with Crippen LogP contribution in [0.5, 0.6) is 0 Å². The number of nitrogens with one attached hydrogen (secondary N) is 2. The van der Waals surface area contributed by atoms with Crippen molar-refractivity contribution in [3.63, 3.8) is 0 Å². The lowest BCUT2D eigenvalue weighted by Crippen LogP contribution is -2.24. The molecule has 27 heavy (non-hydrogen) atoms. The quantitative estimate of drug-likeness (QED) is 0.674. The molecule has 2 aromatic rings. The van der Waals surface area contributed by atoms with E-state index in [0.29, 0.717) is 17.1 Å². The molecule has 6 heteroatoms. The number of hydrogen-bond acceptors (Lipinski definition) is 3. The van der Waals surface area contributed by atoms with E-state index < -0.39 is 11.7 Å². The monoisotopic (exact) mass is 371 g/mol. The van der Waals surface area contributed by atoms with Crippen LogP contribution in [0.3, 0.4) is 0 Å². The first kappa shape index (κ1) is 18.9. The fourth-order valence-corrected chi connectivity index (χ4v) is 3.15. The van der Waals surface area contributed by atoms with Gasteiger partial charge >= 0.3 is 0 Å². The molecule has 0 bridgehead atoms. The summed E-state index contributed by atoms with van der Waals surface area (Å²) in [7, 11) is 0. The van der Waals surface area contributed by atoms with Crippen LogP contribution >= 0.6 is 0 Å². The maximum atomic E-state index is 14.6. The topological polar surface area (TPSA) is 44.4 Å². The van der Waals surface area contributed by atoms with Gasteiger partial charge in [0.2, 0.25) is 0 Å². The third-order valence-electron chi connectivity index (χ3n) is 4.61. The molecule has 1 aliphatic rings. The van der Waals surface area contributed by atoms with Crippen LogP contribution in [0.2, 0.25) is 0 Å². The van der Waals surface area contributed by atoms with Gasteiger partial charge in [-0.2, -0.15) is 0 Å². The summed E-state index contributed by atoms with van der Waals surface area (Å²) < 4.78 is 28.6. The van der Waals surface area contributed by atoms with Gasteiger partial charge in [-0.25, -0.2) is 8.78 Å². The molecule has 1 aliphatic heterocycles. The summed E-state index contributed by atoms with van der Waals surface area (Å²) in [6.45, 7) is 5.63. The van der Waals surface area contributed by atoms with Crippen LogP contribution < -0.4 is 15.5 Å². The predicted octanol–water partition coefficient (Wildman–Crippen LogP) is 5.00. The normalized spacial score (nSPS) is 14.2. The van der Waals surface area contributed by atoms with Crippen molar-refractivity contribution in [3.05, 3.63) is 59.8 Å². The van der Waals surface area contributed by atoms with Crippen molar-refractivity contribution in [2.45, 2.75) is 26.7 Å². The number of carbonyl (C=O) groups excluding carboxylic acids is 1. The standard InChI is InChI=1S/C21H23F2N3O/c1-3-5-11-26(4-2)19-10-9-14(12-17(19)23)24-13-15-20-16(22)7-6-8-18(20)25-21(15)27/h6-10,12-13,24H,3-5,11H2,1-2H3,(H,25,27).